The topological polar surface area (TPSA) is 80.9 Å². The minimum Gasteiger partial charge on any atom is -0.481 e. The molecule has 0 bridgehead atoms. The summed E-state index contributed by atoms with van der Waals surface area (Å²) >= 11 is 8.30. The molecule has 0 aliphatic rings. The van der Waals surface area contributed by atoms with Crippen LogP contribution in [-0.4, -0.2) is 31.3 Å². The molecule has 0 atom stereocenters. The summed E-state index contributed by atoms with van der Waals surface area (Å²) in [5, 5.41) is 19.9. The Labute approximate surface area is 117 Å². The first-order valence-electron chi connectivity index (χ1n) is 4.51. The fourth-order valence-corrected chi connectivity index (χ4v) is 4.03. The molecule has 2 heterocycles. The quantitative estimate of drug-likeness (QED) is 0.879. The summed E-state index contributed by atoms with van der Waals surface area (Å²) in [5.74, 6) is -0.322. The summed E-state index contributed by atoms with van der Waals surface area (Å²) in [6, 6.07) is 1.89. The molecule has 1 N–H and O–H groups in total. The van der Waals surface area contributed by atoms with Crippen LogP contribution < -0.4 is 0 Å². The number of hydrogen-bond acceptors (Lipinski definition) is 5. The molecule has 17 heavy (non-hydrogen) atoms. The van der Waals surface area contributed by atoms with Gasteiger partial charge >= 0.3 is 5.97 Å². The number of rotatable bonds is 4. The number of halogens is 2. The highest BCUT2D eigenvalue weighted by atomic mass is 79.9. The van der Waals surface area contributed by atoms with Gasteiger partial charge in [0.15, 0.2) is 5.82 Å². The van der Waals surface area contributed by atoms with Crippen molar-refractivity contribution in [1.82, 2.24) is 20.2 Å². The maximum atomic E-state index is 10.5. The molecule has 2 rings (SSSR count). The van der Waals surface area contributed by atoms with E-state index < -0.39 is 5.97 Å². The van der Waals surface area contributed by atoms with Crippen molar-refractivity contribution < 1.29 is 9.90 Å². The molecular weight excluding hydrogens is 376 g/mol. The van der Waals surface area contributed by atoms with Crippen molar-refractivity contribution in [3.05, 3.63) is 13.6 Å². The Morgan fingerprint density at radius 1 is 1.53 bits per heavy atom. The highest BCUT2D eigenvalue weighted by molar-refractivity contribution is 9.12. The number of carboxylic acid groups (broad SMARTS) is 1. The minimum absolute atomic E-state index is 0.0129. The molecule has 90 valence electrons. The zero-order valence-corrected chi connectivity index (χ0v) is 12.3. The number of carbonyl (C=O) groups is 1. The molecule has 0 amide bonds. The van der Waals surface area contributed by atoms with E-state index in [1.165, 1.54) is 16.0 Å². The second-order valence-electron chi connectivity index (χ2n) is 3.11. The lowest BCUT2D eigenvalue weighted by Crippen LogP contribution is -2.07. The van der Waals surface area contributed by atoms with Crippen LogP contribution in [0.15, 0.2) is 13.6 Å². The summed E-state index contributed by atoms with van der Waals surface area (Å²) in [6.07, 6.45) is -0.0129. The van der Waals surface area contributed by atoms with Gasteiger partial charge in [0.1, 0.15) is 0 Å². The first-order valence-corrected chi connectivity index (χ1v) is 6.91. The first kappa shape index (κ1) is 12.7. The van der Waals surface area contributed by atoms with Crippen LogP contribution in [0.1, 0.15) is 6.42 Å². The lowest BCUT2D eigenvalue weighted by atomic mass is 10.3. The van der Waals surface area contributed by atoms with E-state index >= 15 is 0 Å². The van der Waals surface area contributed by atoms with Gasteiger partial charge in [0.05, 0.1) is 20.5 Å². The van der Waals surface area contributed by atoms with Crippen molar-refractivity contribution in [1.29, 1.82) is 0 Å². The molecule has 0 fully saturated rings. The van der Waals surface area contributed by atoms with Gasteiger partial charge in [-0.3, -0.25) is 4.79 Å². The van der Waals surface area contributed by atoms with E-state index in [0.29, 0.717) is 5.82 Å². The highest BCUT2D eigenvalue weighted by Gasteiger charge is 2.15. The van der Waals surface area contributed by atoms with Crippen molar-refractivity contribution >= 4 is 49.2 Å². The van der Waals surface area contributed by atoms with Gasteiger partial charge in [0, 0.05) is 5.56 Å². The van der Waals surface area contributed by atoms with E-state index in [0.717, 1.165) is 13.1 Å². The molecular formula is C8H6Br2N4O2S. The minimum atomic E-state index is -0.878. The Morgan fingerprint density at radius 3 is 2.88 bits per heavy atom. The third kappa shape index (κ3) is 2.90. The second kappa shape index (κ2) is 5.23. The number of aromatic nitrogens is 4. The smallest absolute Gasteiger partial charge is 0.305 e. The molecule has 2 aromatic heterocycles. The fourth-order valence-electron chi connectivity index (χ4n) is 1.24. The highest BCUT2D eigenvalue weighted by Crippen LogP contribution is 2.37. The average molecular weight is 382 g/mol. The maximum Gasteiger partial charge on any atom is 0.305 e. The van der Waals surface area contributed by atoms with Gasteiger partial charge in [-0.2, -0.15) is 0 Å². The fraction of sp³-hybridized carbons (Fsp3) is 0.250. The molecule has 9 heteroatoms. The molecule has 0 aliphatic carbocycles. The van der Waals surface area contributed by atoms with Gasteiger partial charge < -0.3 is 5.11 Å². The number of tetrazole rings is 1. The third-order valence-corrected chi connectivity index (χ3v) is 4.31. The summed E-state index contributed by atoms with van der Waals surface area (Å²) in [6.45, 7) is 0.248. The van der Waals surface area contributed by atoms with E-state index in [4.69, 9.17) is 5.11 Å². The van der Waals surface area contributed by atoms with Crippen LogP contribution in [-0.2, 0) is 11.3 Å². The van der Waals surface area contributed by atoms with Crippen molar-refractivity contribution in [2.75, 3.05) is 0 Å². The predicted molar refractivity (Wildman–Crippen MR) is 68.8 cm³/mol. The summed E-state index contributed by atoms with van der Waals surface area (Å²) in [5.41, 5.74) is 0.845. The Hall–Kier alpha value is -0.800. The zero-order chi connectivity index (χ0) is 12.4. The molecule has 0 spiro atoms. The van der Waals surface area contributed by atoms with E-state index in [1.54, 1.807) is 0 Å². The predicted octanol–water partition coefficient (Wildman–Crippen LogP) is 2.40. The molecule has 2 aromatic rings. The van der Waals surface area contributed by atoms with E-state index in [2.05, 4.69) is 47.4 Å². The number of aryl methyl sites for hydroxylation is 1. The van der Waals surface area contributed by atoms with Gasteiger partial charge in [-0.15, -0.1) is 16.4 Å². The Morgan fingerprint density at radius 2 is 2.29 bits per heavy atom. The van der Waals surface area contributed by atoms with Crippen molar-refractivity contribution in [2.24, 2.45) is 0 Å². The van der Waals surface area contributed by atoms with Crippen LogP contribution in [0.25, 0.3) is 11.4 Å². The second-order valence-corrected chi connectivity index (χ2v) is 6.86. The van der Waals surface area contributed by atoms with E-state index in [-0.39, 0.29) is 13.0 Å². The Balaban J connectivity index is 2.30. The van der Waals surface area contributed by atoms with Gasteiger partial charge in [-0.25, -0.2) is 4.68 Å². The van der Waals surface area contributed by atoms with Crippen molar-refractivity contribution in [2.45, 2.75) is 13.0 Å². The first-order chi connectivity index (χ1) is 8.08. The molecule has 0 aliphatic heterocycles. The van der Waals surface area contributed by atoms with Crippen LogP contribution >= 0.6 is 43.2 Å². The standard InChI is InChI=1S/C8H6Br2N4O2S/c9-5-3-4(7(10)17-5)8-11-12-13-14(8)2-1-6(15)16/h3H,1-2H2,(H,15,16). The van der Waals surface area contributed by atoms with Crippen LogP contribution in [0.2, 0.25) is 0 Å². The van der Waals surface area contributed by atoms with Gasteiger partial charge in [-0.1, -0.05) is 0 Å². The Bertz CT molecular complexity index is 553. The lowest BCUT2D eigenvalue weighted by Gasteiger charge is -2.01. The lowest BCUT2D eigenvalue weighted by molar-refractivity contribution is -0.137. The van der Waals surface area contributed by atoms with Gasteiger partial charge in [-0.05, 0) is 48.4 Å². The molecule has 0 unspecified atom stereocenters. The summed E-state index contributed by atoms with van der Waals surface area (Å²) < 4.78 is 3.33. The molecule has 0 radical (unpaired) electrons. The van der Waals surface area contributed by atoms with E-state index in [9.17, 15) is 4.79 Å². The molecule has 0 saturated carbocycles. The van der Waals surface area contributed by atoms with Crippen LogP contribution in [0, 0.1) is 0 Å². The SMILES string of the molecule is O=C(O)CCn1nnnc1-c1cc(Br)sc1Br. The number of nitrogens with zero attached hydrogens (tertiary/aromatic N) is 4. The number of carboxylic acids is 1. The molecule has 0 saturated heterocycles. The van der Waals surface area contributed by atoms with Gasteiger partial charge in [0.2, 0.25) is 0 Å². The monoisotopic (exact) mass is 380 g/mol. The molecule has 0 aromatic carbocycles. The number of hydrogen-bond donors (Lipinski definition) is 1. The Kier molecular flexibility index (Phi) is 3.89. The normalized spacial score (nSPS) is 10.7. The van der Waals surface area contributed by atoms with E-state index in [1.807, 2.05) is 6.07 Å². The molecule has 6 nitrogen and oxygen atoms in total. The van der Waals surface area contributed by atoms with Crippen molar-refractivity contribution in [3.63, 3.8) is 0 Å². The summed E-state index contributed by atoms with van der Waals surface area (Å²) in [4.78, 5) is 10.5. The van der Waals surface area contributed by atoms with Crippen LogP contribution in [0.5, 0.6) is 0 Å². The van der Waals surface area contributed by atoms with Crippen LogP contribution in [0.4, 0.5) is 0 Å². The third-order valence-electron chi connectivity index (χ3n) is 1.97. The average Bonchev–Trinajstić information content (AvgIpc) is 2.81. The van der Waals surface area contributed by atoms with Crippen molar-refractivity contribution in [3.8, 4) is 11.4 Å². The summed E-state index contributed by atoms with van der Waals surface area (Å²) in [7, 11) is 0. The zero-order valence-electron chi connectivity index (χ0n) is 8.30. The largest absolute Gasteiger partial charge is 0.481 e. The van der Waals surface area contributed by atoms with Gasteiger partial charge in [0.25, 0.3) is 0 Å². The maximum absolute atomic E-state index is 10.5. The number of thiophene rings is 1. The number of aliphatic carboxylic acids is 1. The van der Waals surface area contributed by atoms with Crippen LogP contribution in [0.3, 0.4) is 0 Å².